The molecule has 0 fully saturated rings. The lowest BCUT2D eigenvalue weighted by molar-refractivity contribution is -0.115. The first-order chi connectivity index (χ1) is 9.74. The van der Waals surface area contributed by atoms with Crippen LogP contribution in [0.3, 0.4) is 0 Å². The van der Waals surface area contributed by atoms with Gasteiger partial charge in [0.2, 0.25) is 5.91 Å². The van der Waals surface area contributed by atoms with Gasteiger partial charge in [-0.1, -0.05) is 30.3 Å². The zero-order valence-electron chi connectivity index (χ0n) is 11.0. The smallest absolute Gasteiger partial charge is 0.243 e. The van der Waals surface area contributed by atoms with Crippen molar-refractivity contribution >= 4 is 33.2 Å². The van der Waals surface area contributed by atoms with E-state index in [0.717, 1.165) is 23.1 Å². The summed E-state index contributed by atoms with van der Waals surface area (Å²) in [5, 5.41) is 2.94. The summed E-state index contributed by atoms with van der Waals surface area (Å²) in [6.07, 6.45) is 1.01. The average Bonchev–Trinajstić information content (AvgIpc) is 2.85. The van der Waals surface area contributed by atoms with Crippen molar-refractivity contribution in [2.75, 3.05) is 23.3 Å². The van der Waals surface area contributed by atoms with E-state index in [1.165, 1.54) is 11.3 Å². The van der Waals surface area contributed by atoms with E-state index in [9.17, 15) is 4.79 Å². The summed E-state index contributed by atoms with van der Waals surface area (Å²) in [5.74, 6) is 0.00797. The van der Waals surface area contributed by atoms with Crippen LogP contribution < -0.4 is 10.2 Å². The molecule has 1 N–H and O–H groups in total. The first-order valence-corrected chi connectivity index (χ1v) is 7.40. The molecule has 3 rings (SSSR count). The molecule has 2 aromatic rings. The molecule has 0 saturated carbocycles. The number of hydrogen-bond acceptors (Lipinski definition) is 2. The van der Waals surface area contributed by atoms with Gasteiger partial charge in [-0.25, -0.2) is 0 Å². The van der Waals surface area contributed by atoms with Crippen molar-refractivity contribution in [3.05, 3.63) is 58.6 Å². The molecular weight excluding hydrogens is 316 g/mol. The fourth-order valence-electron chi connectivity index (χ4n) is 2.50. The van der Waals surface area contributed by atoms with E-state index in [2.05, 4.69) is 38.3 Å². The molecule has 0 atom stereocenters. The highest BCUT2D eigenvalue weighted by Crippen LogP contribution is 2.27. The number of anilines is 2. The molecule has 1 aliphatic heterocycles. The molecule has 4 heteroatoms. The molecule has 1 aliphatic rings. The normalized spacial score (nSPS) is 13.2. The Morgan fingerprint density at radius 2 is 1.90 bits per heavy atom. The van der Waals surface area contributed by atoms with Gasteiger partial charge >= 0.3 is 0 Å². The Labute approximate surface area is 126 Å². The van der Waals surface area contributed by atoms with E-state index in [-0.39, 0.29) is 5.91 Å². The molecule has 2 aromatic carbocycles. The second-order valence-electron chi connectivity index (χ2n) is 4.83. The predicted molar refractivity (Wildman–Crippen MR) is 85.1 cm³/mol. The van der Waals surface area contributed by atoms with Gasteiger partial charge in [-0.15, -0.1) is 0 Å². The van der Waals surface area contributed by atoms with Gasteiger partial charge in [-0.05, 0) is 46.1 Å². The number of para-hydroxylation sites is 2. The standard InChI is InChI=1S/C16H15BrN2O/c17-13-6-2-3-7-14(13)18-16(20)11-19-10-9-12-5-1-4-8-15(12)19/h1-8H,9-11H2,(H,18,20). The lowest BCUT2D eigenvalue weighted by Crippen LogP contribution is -2.31. The monoisotopic (exact) mass is 330 g/mol. The Kier molecular flexibility index (Phi) is 3.74. The fourth-order valence-corrected chi connectivity index (χ4v) is 2.88. The molecule has 0 spiro atoms. The van der Waals surface area contributed by atoms with Gasteiger partial charge in [0, 0.05) is 16.7 Å². The average molecular weight is 331 g/mol. The summed E-state index contributed by atoms with van der Waals surface area (Å²) >= 11 is 3.43. The summed E-state index contributed by atoms with van der Waals surface area (Å²) in [4.78, 5) is 14.3. The van der Waals surface area contributed by atoms with Crippen molar-refractivity contribution in [3.8, 4) is 0 Å². The highest BCUT2D eigenvalue weighted by molar-refractivity contribution is 9.10. The van der Waals surface area contributed by atoms with Crippen molar-refractivity contribution in [1.29, 1.82) is 0 Å². The van der Waals surface area contributed by atoms with Crippen molar-refractivity contribution in [2.24, 2.45) is 0 Å². The minimum Gasteiger partial charge on any atom is -0.362 e. The van der Waals surface area contributed by atoms with Crippen LogP contribution in [0.5, 0.6) is 0 Å². The van der Waals surface area contributed by atoms with Crippen molar-refractivity contribution in [3.63, 3.8) is 0 Å². The Hall–Kier alpha value is -1.81. The first kappa shape index (κ1) is 13.2. The molecule has 0 saturated heterocycles. The molecule has 0 bridgehead atoms. The maximum Gasteiger partial charge on any atom is 0.243 e. The van der Waals surface area contributed by atoms with Crippen LogP contribution in [0.15, 0.2) is 53.0 Å². The minimum atomic E-state index is 0.00797. The molecule has 3 nitrogen and oxygen atoms in total. The summed E-state index contributed by atoms with van der Waals surface area (Å²) in [7, 11) is 0. The zero-order valence-corrected chi connectivity index (χ0v) is 12.6. The number of rotatable bonds is 3. The second kappa shape index (κ2) is 5.67. The Morgan fingerprint density at radius 3 is 2.75 bits per heavy atom. The number of fused-ring (bicyclic) bond motifs is 1. The maximum atomic E-state index is 12.2. The van der Waals surface area contributed by atoms with Crippen LogP contribution in [0.25, 0.3) is 0 Å². The van der Waals surface area contributed by atoms with Crippen molar-refractivity contribution in [2.45, 2.75) is 6.42 Å². The molecule has 1 heterocycles. The zero-order chi connectivity index (χ0) is 13.9. The molecule has 1 amide bonds. The Bertz CT molecular complexity index is 642. The number of carbonyl (C=O) groups excluding carboxylic acids is 1. The van der Waals surface area contributed by atoms with Gasteiger partial charge < -0.3 is 10.2 Å². The Balaban J connectivity index is 1.68. The molecule has 102 valence electrons. The number of halogens is 1. The molecule has 0 unspecified atom stereocenters. The summed E-state index contributed by atoms with van der Waals surface area (Å²) in [6, 6.07) is 15.9. The second-order valence-corrected chi connectivity index (χ2v) is 5.68. The van der Waals surface area contributed by atoms with E-state index >= 15 is 0 Å². The van der Waals surface area contributed by atoms with Gasteiger partial charge in [0.25, 0.3) is 0 Å². The lowest BCUT2D eigenvalue weighted by atomic mass is 10.2. The Morgan fingerprint density at radius 1 is 1.15 bits per heavy atom. The number of nitrogens with zero attached hydrogens (tertiary/aromatic N) is 1. The summed E-state index contributed by atoms with van der Waals surface area (Å²) in [5.41, 5.74) is 3.31. The van der Waals surface area contributed by atoms with E-state index in [1.54, 1.807) is 0 Å². The van der Waals surface area contributed by atoms with E-state index in [4.69, 9.17) is 0 Å². The number of nitrogens with one attached hydrogen (secondary N) is 1. The van der Waals surface area contributed by atoms with Crippen LogP contribution in [0, 0.1) is 0 Å². The van der Waals surface area contributed by atoms with Crippen LogP contribution >= 0.6 is 15.9 Å². The van der Waals surface area contributed by atoms with Crippen LogP contribution in [-0.4, -0.2) is 19.0 Å². The number of hydrogen-bond donors (Lipinski definition) is 1. The van der Waals surface area contributed by atoms with Gasteiger partial charge in [-0.3, -0.25) is 4.79 Å². The van der Waals surface area contributed by atoms with Gasteiger partial charge in [0.1, 0.15) is 0 Å². The van der Waals surface area contributed by atoms with Gasteiger partial charge in [-0.2, -0.15) is 0 Å². The van der Waals surface area contributed by atoms with Crippen LogP contribution in [-0.2, 0) is 11.2 Å². The highest BCUT2D eigenvalue weighted by Gasteiger charge is 2.20. The largest absolute Gasteiger partial charge is 0.362 e. The molecule has 0 radical (unpaired) electrons. The summed E-state index contributed by atoms with van der Waals surface area (Å²) < 4.78 is 0.898. The highest BCUT2D eigenvalue weighted by atomic mass is 79.9. The lowest BCUT2D eigenvalue weighted by Gasteiger charge is -2.19. The van der Waals surface area contributed by atoms with Gasteiger partial charge in [0.05, 0.1) is 12.2 Å². The first-order valence-electron chi connectivity index (χ1n) is 6.61. The number of benzene rings is 2. The molecule has 20 heavy (non-hydrogen) atoms. The maximum absolute atomic E-state index is 12.2. The molecule has 0 aromatic heterocycles. The minimum absolute atomic E-state index is 0.00797. The predicted octanol–water partition coefficient (Wildman–Crippen LogP) is 3.45. The van der Waals surface area contributed by atoms with Crippen molar-refractivity contribution in [1.82, 2.24) is 0 Å². The van der Waals surface area contributed by atoms with Crippen molar-refractivity contribution < 1.29 is 4.79 Å². The van der Waals surface area contributed by atoms with E-state index in [1.807, 2.05) is 36.4 Å². The third-order valence-electron chi connectivity index (χ3n) is 3.47. The van der Waals surface area contributed by atoms with Crippen LogP contribution in [0.4, 0.5) is 11.4 Å². The number of carbonyl (C=O) groups is 1. The quantitative estimate of drug-likeness (QED) is 0.934. The molecular formula is C16H15BrN2O. The van der Waals surface area contributed by atoms with Gasteiger partial charge in [0.15, 0.2) is 0 Å². The topological polar surface area (TPSA) is 32.3 Å². The van der Waals surface area contributed by atoms with Crippen LogP contribution in [0.2, 0.25) is 0 Å². The SMILES string of the molecule is O=C(CN1CCc2ccccc21)Nc1ccccc1Br. The fraction of sp³-hybridized carbons (Fsp3) is 0.188. The van der Waals surface area contributed by atoms with E-state index in [0.29, 0.717) is 6.54 Å². The van der Waals surface area contributed by atoms with E-state index < -0.39 is 0 Å². The summed E-state index contributed by atoms with van der Waals surface area (Å²) in [6.45, 7) is 1.29. The molecule has 0 aliphatic carbocycles. The number of amides is 1. The third-order valence-corrected chi connectivity index (χ3v) is 4.16. The van der Waals surface area contributed by atoms with Crippen LogP contribution in [0.1, 0.15) is 5.56 Å². The third kappa shape index (κ3) is 2.70.